The van der Waals surface area contributed by atoms with Gasteiger partial charge in [0.1, 0.15) is 0 Å². The predicted octanol–water partition coefficient (Wildman–Crippen LogP) is 2.94. The van der Waals surface area contributed by atoms with Crippen molar-refractivity contribution in [2.75, 3.05) is 6.61 Å². The Morgan fingerprint density at radius 1 is 1.21 bits per heavy atom. The highest BCUT2D eigenvalue weighted by Gasteiger charge is 2.20. The van der Waals surface area contributed by atoms with E-state index in [4.69, 9.17) is 5.11 Å². The van der Waals surface area contributed by atoms with Gasteiger partial charge >= 0.3 is 0 Å². The molecule has 1 nitrogen and oxygen atoms in total. The smallest absolute Gasteiger partial charge is 0.0780 e. The molecule has 0 spiro atoms. The normalized spacial score (nSPS) is 13.0. The third-order valence-corrected chi connectivity index (χ3v) is 4.30. The third-order valence-electron chi connectivity index (χ3n) is 2.19. The van der Waals surface area contributed by atoms with Crippen molar-refractivity contribution in [3.63, 3.8) is 0 Å². The lowest BCUT2D eigenvalue weighted by atomic mass is 10.2. The van der Waals surface area contributed by atoms with Crippen LogP contribution in [0.2, 0.25) is 19.6 Å². The first kappa shape index (κ1) is 11.2. The average Bonchev–Trinajstić information content (AvgIpc) is 2.14. The summed E-state index contributed by atoms with van der Waals surface area (Å²) in [5.74, 6) is 0. The summed E-state index contributed by atoms with van der Waals surface area (Å²) in [5, 5.41) is 10.3. The Labute approximate surface area is 87.1 Å². The van der Waals surface area contributed by atoms with Crippen molar-refractivity contribution in [3.8, 4) is 0 Å². The minimum absolute atomic E-state index is 0.133. The maximum Gasteiger partial charge on any atom is 0.0780 e. The van der Waals surface area contributed by atoms with E-state index in [0.29, 0.717) is 0 Å². The van der Waals surface area contributed by atoms with Crippen LogP contribution in [0, 0.1) is 0 Å². The van der Waals surface area contributed by atoms with Crippen molar-refractivity contribution in [3.05, 3.63) is 42.0 Å². The highest BCUT2D eigenvalue weighted by atomic mass is 28.3. The Balaban J connectivity index is 3.09. The highest BCUT2D eigenvalue weighted by molar-refractivity contribution is 6.93. The molecule has 0 heterocycles. The molecule has 1 aromatic rings. The molecule has 0 radical (unpaired) electrons. The van der Waals surface area contributed by atoms with Crippen LogP contribution in [-0.2, 0) is 0 Å². The van der Waals surface area contributed by atoms with E-state index in [-0.39, 0.29) is 6.61 Å². The number of aliphatic hydroxyl groups excluding tert-OH is 1. The van der Waals surface area contributed by atoms with Gasteiger partial charge in [-0.2, -0.15) is 0 Å². The Kier molecular flexibility index (Phi) is 3.67. The molecule has 0 atom stereocenters. The molecule has 0 saturated carbocycles. The second-order valence-corrected chi connectivity index (χ2v) is 9.46. The van der Waals surface area contributed by atoms with E-state index in [1.165, 1.54) is 10.8 Å². The second kappa shape index (κ2) is 4.58. The van der Waals surface area contributed by atoms with Crippen LogP contribution in [0.4, 0.5) is 0 Å². The van der Waals surface area contributed by atoms with Crippen molar-refractivity contribution < 1.29 is 5.11 Å². The molecule has 76 valence electrons. The van der Waals surface area contributed by atoms with Gasteiger partial charge in [-0.25, -0.2) is 0 Å². The van der Waals surface area contributed by atoms with E-state index < -0.39 is 8.07 Å². The van der Waals surface area contributed by atoms with Gasteiger partial charge in [-0.3, -0.25) is 0 Å². The van der Waals surface area contributed by atoms with E-state index in [0.717, 1.165) is 0 Å². The van der Waals surface area contributed by atoms with Gasteiger partial charge in [0.05, 0.1) is 14.7 Å². The molecule has 0 aliphatic rings. The summed E-state index contributed by atoms with van der Waals surface area (Å²) in [7, 11) is -1.35. The van der Waals surface area contributed by atoms with Crippen LogP contribution in [0.25, 0.3) is 5.20 Å². The molecule has 14 heavy (non-hydrogen) atoms. The first-order valence-corrected chi connectivity index (χ1v) is 8.42. The molecule has 0 amide bonds. The summed E-state index contributed by atoms with van der Waals surface area (Å²) in [6.45, 7) is 7.01. The van der Waals surface area contributed by atoms with Crippen LogP contribution in [0.1, 0.15) is 5.56 Å². The van der Waals surface area contributed by atoms with Crippen LogP contribution in [0.5, 0.6) is 0 Å². The Morgan fingerprint density at radius 3 is 2.21 bits per heavy atom. The van der Waals surface area contributed by atoms with Crippen molar-refractivity contribution in [2.24, 2.45) is 0 Å². The van der Waals surface area contributed by atoms with Gasteiger partial charge in [-0.1, -0.05) is 61.2 Å². The maximum absolute atomic E-state index is 9.01. The van der Waals surface area contributed by atoms with Crippen LogP contribution >= 0.6 is 0 Å². The lowest BCUT2D eigenvalue weighted by molar-refractivity contribution is 0.343. The monoisotopic (exact) mass is 206 g/mol. The lowest BCUT2D eigenvalue weighted by Gasteiger charge is -2.21. The molecule has 1 aromatic carbocycles. The van der Waals surface area contributed by atoms with Gasteiger partial charge in [0.25, 0.3) is 0 Å². The fraction of sp³-hybridized carbons (Fsp3) is 0.333. The molecule has 1 N–H and O–H groups in total. The summed E-state index contributed by atoms with van der Waals surface area (Å²) in [5.41, 5.74) is 1.25. The molecule has 0 aromatic heterocycles. The molecular formula is C12H18OSi. The molecular weight excluding hydrogens is 188 g/mol. The number of aliphatic hydroxyl groups is 1. The zero-order valence-corrected chi connectivity index (χ0v) is 10.1. The van der Waals surface area contributed by atoms with Gasteiger partial charge in [0.2, 0.25) is 0 Å². The highest BCUT2D eigenvalue weighted by Crippen LogP contribution is 2.25. The van der Waals surface area contributed by atoms with Gasteiger partial charge < -0.3 is 5.11 Å². The zero-order chi connectivity index (χ0) is 10.6. The minimum Gasteiger partial charge on any atom is -0.392 e. The topological polar surface area (TPSA) is 20.2 Å². The molecule has 0 unspecified atom stereocenters. The van der Waals surface area contributed by atoms with Crippen LogP contribution in [-0.4, -0.2) is 19.8 Å². The molecule has 0 aliphatic heterocycles. The maximum atomic E-state index is 9.01. The summed E-state index contributed by atoms with van der Waals surface area (Å²) < 4.78 is 0. The Bertz CT molecular complexity index is 309. The van der Waals surface area contributed by atoms with Crippen molar-refractivity contribution >= 4 is 13.3 Å². The predicted molar refractivity (Wildman–Crippen MR) is 64.9 cm³/mol. The van der Waals surface area contributed by atoms with E-state index in [9.17, 15) is 0 Å². The van der Waals surface area contributed by atoms with Crippen molar-refractivity contribution in [2.45, 2.75) is 19.6 Å². The SMILES string of the molecule is C[Si](C)(C)/C(=C\CO)c1ccccc1. The molecule has 1 rings (SSSR count). The average molecular weight is 206 g/mol. The van der Waals surface area contributed by atoms with Crippen LogP contribution in [0.15, 0.2) is 36.4 Å². The summed E-state index contributed by atoms with van der Waals surface area (Å²) in [4.78, 5) is 0. The first-order valence-electron chi connectivity index (χ1n) is 4.92. The van der Waals surface area contributed by atoms with E-state index in [1.807, 2.05) is 24.3 Å². The Hall–Kier alpha value is -0.863. The largest absolute Gasteiger partial charge is 0.392 e. The second-order valence-electron chi connectivity index (χ2n) is 4.42. The lowest BCUT2D eigenvalue weighted by Crippen LogP contribution is -2.23. The summed E-state index contributed by atoms with van der Waals surface area (Å²) >= 11 is 0. The van der Waals surface area contributed by atoms with E-state index in [2.05, 4.69) is 31.8 Å². The van der Waals surface area contributed by atoms with Crippen LogP contribution in [0.3, 0.4) is 0 Å². The molecule has 2 heteroatoms. The molecule has 0 aliphatic carbocycles. The number of hydrogen-bond acceptors (Lipinski definition) is 1. The van der Waals surface area contributed by atoms with Crippen LogP contribution < -0.4 is 0 Å². The third kappa shape index (κ3) is 2.82. The molecule has 0 saturated heterocycles. The summed E-state index contributed by atoms with van der Waals surface area (Å²) in [6, 6.07) is 10.3. The standard InChI is InChI=1S/C12H18OSi/c1-14(2,3)12(9-10-13)11-7-5-4-6-8-11/h4-9,13H,10H2,1-3H3/b12-9-. The van der Waals surface area contributed by atoms with Gasteiger partial charge in [-0.05, 0) is 5.56 Å². The van der Waals surface area contributed by atoms with E-state index >= 15 is 0 Å². The van der Waals surface area contributed by atoms with Crippen molar-refractivity contribution in [1.82, 2.24) is 0 Å². The van der Waals surface area contributed by atoms with E-state index in [1.54, 1.807) is 0 Å². The quantitative estimate of drug-likeness (QED) is 0.754. The minimum atomic E-state index is -1.35. The van der Waals surface area contributed by atoms with Gasteiger partial charge in [0, 0.05) is 0 Å². The number of rotatable bonds is 3. The molecule has 0 bridgehead atoms. The zero-order valence-electron chi connectivity index (χ0n) is 9.12. The fourth-order valence-electron chi connectivity index (χ4n) is 1.57. The van der Waals surface area contributed by atoms with Gasteiger partial charge in [0.15, 0.2) is 0 Å². The first-order chi connectivity index (χ1) is 6.55. The Morgan fingerprint density at radius 2 is 1.79 bits per heavy atom. The van der Waals surface area contributed by atoms with Crippen molar-refractivity contribution in [1.29, 1.82) is 0 Å². The molecule has 0 fully saturated rings. The summed E-state index contributed by atoms with van der Waals surface area (Å²) in [6.07, 6.45) is 1.95. The number of benzene rings is 1. The number of hydrogen-bond donors (Lipinski definition) is 1. The van der Waals surface area contributed by atoms with Gasteiger partial charge in [-0.15, -0.1) is 0 Å². The fourth-order valence-corrected chi connectivity index (χ4v) is 3.30.